The first-order valence-electron chi connectivity index (χ1n) is 8.74. The van der Waals surface area contributed by atoms with Crippen molar-refractivity contribution in [2.24, 2.45) is 0 Å². The number of ether oxygens (including phenoxy) is 4. The molecule has 8 heteroatoms. The molecule has 0 aliphatic rings. The van der Waals surface area contributed by atoms with Crippen LogP contribution in [0.1, 0.15) is 34.6 Å². The molecule has 0 heterocycles. The van der Waals surface area contributed by atoms with Crippen molar-refractivity contribution < 1.29 is 33.3 Å². The largest absolute Gasteiger partial charge is 0.493 e. The standard InChI is InChI=1S/C21H23NO7/c1-12(23)14-7-6-8-15(11-14)22-20(24)13(2)29-21(25)16-9-10-17(26-3)19(28-5)18(16)27-4/h6-11,13H,1-5H3,(H,22,24)/t13-/m0/s1. The highest BCUT2D eigenvalue weighted by Gasteiger charge is 2.25. The molecule has 0 radical (unpaired) electrons. The molecule has 0 fully saturated rings. The van der Waals surface area contributed by atoms with Crippen molar-refractivity contribution in [3.8, 4) is 17.2 Å². The molecule has 0 bridgehead atoms. The van der Waals surface area contributed by atoms with Crippen LogP contribution in [0.3, 0.4) is 0 Å². The number of carbonyl (C=O) groups excluding carboxylic acids is 3. The highest BCUT2D eigenvalue weighted by atomic mass is 16.6. The number of hydrogen-bond donors (Lipinski definition) is 1. The molecule has 1 N–H and O–H groups in total. The molecule has 2 aromatic carbocycles. The van der Waals surface area contributed by atoms with Crippen molar-refractivity contribution in [2.75, 3.05) is 26.6 Å². The maximum atomic E-state index is 12.6. The van der Waals surface area contributed by atoms with Crippen LogP contribution < -0.4 is 19.5 Å². The van der Waals surface area contributed by atoms with E-state index in [-0.39, 0.29) is 22.8 Å². The second-order valence-electron chi connectivity index (χ2n) is 6.06. The smallest absolute Gasteiger partial charge is 0.342 e. The Labute approximate surface area is 168 Å². The van der Waals surface area contributed by atoms with Crippen LogP contribution >= 0.6 is 0 Å². The van der Waals surface area contributed by atoms with E-state index in [0.717, 1.165) is 0 Å². The molecule has 29 heavy (non-hydrogen) atoms. The summed E-state index contributed by atoms with van der Waals surface area (Å²) in [4.78, 5) is 36.4. The average molecular weight is 401 g/mol. The van der Waals surface area contributed by atoms with Crippen molar-refractivity contribution in [2.45, 2.75) is 20.0 Å². The minimum Gasteiger partial charge on any atom is -0.493 e. The maximum Gasteiger partial charge on any atom is 0.342 e. The fourth-order valence-electron chi connectivity index (χ4n) is 2.60. The number of anilines is 1. The molecule has 2 aromatic rings. The number of Topliss-reactive ketones (excluding diaryl/α,β-unsaturated/α-hetero) is 1. The third-order valence-electron chi connectivity index (χ3n) is 4.11. The first kappa shape index (κ1) is 21.7. The van der Waals surface area contributed by atoms with E-state index < -0.39 is 18.0 Å². The Morgan fingerprint density at radius 1 is 0.931 bits per heavy atom. The quantitative estimate of drug-likeness (QED) is 0.536. The SMILES string of the molecule is COc1ccc(C(=O)O[C@@H](C)C(=O)Nc2cccc(C(C)=O)c2)c(OC)c1OC. The number of carbonyl (C=O) groups is 3. The minimum atomic E-state index is -1.10. The summed E-state index contributed by atoms with van der Waals surface area (Å²) in [5, 5.41) is 2.62. The van der Waals surface area contributed by atoms with Gasteiger partial charge >= 0.3 is 5.97 Å². The molecule has 0 spiro atoms. The van der Waals surface area contributed by atoms with E-state index in [1.54, 1.807) is 24.3 Å². The van der Waals surface area contributed by atoms with Gasteiger partial charge in [-0.3, -0.25) is 9.59 Å². The highest BCUT2D eigenvalue weighted by molar-refractivity contribution is 6.00. The van der Waals surface area contributed by atoms with E-state index in [1.807, 2.05) is 0 Å². The number of nitrogens with one attached hydrogen (secondary N) is 1. The van der Waals surface area contributed by atoms with Gasteiger partial charge in [-0.1, -0.05) is 12.1 Å². The van der Waals surface area contributed by atoms with Crippen LogP contribution in [-0.2, 0) is 9.53 Å². The second kappa shape index (κ2) is 9.59. The van der Waals surface area contributed by atoms with Gasteiger partial charge in [0.05, 0.1) is 21.3 Å². The average Bonchev–Trinajstić information content (AvgIpc) is 2.72. The Bertz CT molecular complexity index is 923. The highest BCUT2D eigenvalue weighted by Crippen LogP contribution is 2.40. The molecule has 1 amide bonds. The minimum absolute atomic E-state index is 0.0865. The lowest BCUT2D eigenvalue weighted by Crippen LogP contribution is -2.30. The molecule has 8 nitrogen and oxygen atoms in total. The molecule has 0 unspecified atom stereocenters. The van der Waals surface area contributed by atoms with E-state index >= 15 is 0 Å². The number of hydrogen-bond acceptors (Lipinski definition) is 7. The summed E-state index contributed by atoms with van der Waals surface area (Å²) in [6.07, 6.45) is -1.10. The lowest BCUT2D eigenvalue weighted by molar-refractivity contribution is -0.123. The summed E-state index contributed by atoms with van der Waals surface area (Å²) < 4.78 is 21.0. The fraction of sp³-hybridized carbons (Fsp3) is 0.286. The van der Waals surface area contributed by atoms with E-state index in [2.05, 4.69) is 5.32 Å². The van der Waals surface area contributed by atoms with Crippen LogP contribution in [-0.4, -0.2) is 45.1 Å². The molecule has 0 saturated heterocycles. The molecule has 154 valence electrons. The van der Waals surface area contributed by atoms with E-state index in [4.69, 9.17) is 18.9 Å². The molecule has 0 saturated carbocycles. The van der Waals surface area contributed by atoms with Crippen molar-refractivity contribution >= 4 is 23.3 Å². The van der Waals surface area contributed by atoms with Crippen LogP contribution in [0.4, 0.5) is 5.69 Å². The predicted molar refractivity (Wildman–Crippen MR) is 106 cm³/mol. The second-order valence-corrected chi connectivity index (χ2v) is 6.06. The third-order valence-corrected chi connectivity index (χ3v) is 4.11. The molecule has 0 aliphatic heterocycles. The summed E-state index contributed by atoms with van der Waals surface area (Å²) in [6, 6.07) is 9.48. The third kappa shape index (κ3) is 5.04. The van der Waals surface area contributed by atoms with Crippen LogP contribution in [0.5, 0.6) is 17.2 Å². The molecule has 0 aromatic heterocycles. The first-order valence-corrected chi connectivity index (χ1v) is 8.74. The van der Waals surface area contributed by atoms with E-state index in [9.17, 15) is 14.4 Å². The van der Waals surface area contributed by atoms with Gasteiger partial charge in [0.1, 0.15) is 5.56 Å². The van der Waals surface area contributed by atoms with Gasteiger partial charge in [0, 0.05) is 11.3 Å². The lowest BCUT2D eigenvalue weighted by atomic mass is 10.1. The molecule has 2 rings (SSSR count). The van der Waals surface area contributed by atoms with Crippen LogP contribution in [0.2, 0.25) is 0 Å². The number of ketones is 1. The molecular formula is C21H23NO7. The maximum absolute atomic E-state index is 12.6. The Kier molecular flexibility index (Phi) is 7.19. The Balaban J connectivity index is 2.15. The van der Waals surface area contributed by atoms with Gasteiger partial charge < -0.3 is 24.3 Å². The number of methoxy groups -OCH3 is 3. The fourth-order valence-corrected chi connectivity index (χ4v) is 2.60. The molecular weight excluding hydrogens is 378 g/mol. The Morgan fingerprint density at radius 3 is 2.21 bits per heavy atom. The van der Waals surface area contributed by atoms with Gasteiger partial charge in [-0.25, -0.2) is 4.79 Å². The van der Waals surface area contributed by atoms with Crippen molar-refractivity contribution in [3.05, 3.63) is 47.5 Å². The number of amides is 1. The van der Waals surface area contributed by atoms with Crippen molar-refractivity contribution in [3.63, 3.8) is 0 Å². The topological polar surface area (TPSA) is 100 Å². The number of benzene rings is 2. The van der Waals surface area contributed by atoms with Crippen LogP contribution in [0.25, 0.3) is 0 Å². The van der Waals surface area contributed by atoms with Gasteiger partial charge in [-0.2, -0.15) is 0 Å². The van der Waals surface area contributed by atoms with Gasteiger partial charge in [-0.15, -0.1) is 0 Å². The van der Waals surface area contributed by atoms with Gasteiger partial charge in [0.2, 0.25) is 5.75 Å². The van der Waals surface area contributed by atoms with Gasteiger partial charge in [0.25, 0.3) is 5.91 Å². The molecule has 1 atom stereocenters. The van der Waals surface area contributed by atoms with E-state index in [1.165, 1.54) is 47.3 Å². The summed E-state index contributed by atoms with van der Waals surface area (Å²) in [5.41, 5.74) is 0.972. The summed E-state index contributed by atoms with van der Waals surface area (Å²) in [6.45, 7) is 2.87. The van der Waals surface area contributed by atoms with Crippen LogP contribution in [0, 0.1) is 0 Å². The Hall–Kier alpha value is -3.55. The Morgan fingerprint density at radius 2 is 1.62 bits per heavy atom. The zero-order valence-corrected chi connectivity index (χ0v) is 16.9. The van der Waals surface area contributed by atoms with Gasteiger partial charge in [0.15, 0.2) is 23.4 Å². The zero-order chi connectivity index (χ0) is 21.6. The van der Waals surface area contributed by atoms with E-state index in [0.29, 0.717) is 17.0 Å². The summed E-state index contributed by atoms with van der Waals surface area (Å²) in [5.74, 6) is -0.666. The number of esters is 1. The number of rotatable bonds is 8. The zero-order valence-electron chi connectivity index (χ0n) is 16.9. The summed E-state index contributed by atoms with van der Waals surface area (Å²) >= 11 is 0. The normalized spacial score (nSPS) is 11.2. The monoisotopic (exact) mass is 401 g/mol. The van der Waals surface area contributed by atoms with Crippen LogP contribution in [0.15, 0.2) is 36.4 Å². The molecule has 0 aliphatic carbocycles. The lowest BCUT2D eigenvalue weighted by Gasteiger charge is -2.17. The predicted octanol–water partition coefficient (Wildman–Crippen LogP) is 3.10. The summed E-state index contributed by atoms with van der Waals surface area (Å²) in [7, 11) is 4.26. The van der Waals surface area contributed by atoms with Crippen molar-refractivity contribution in [1.29, 1.82) is 0 Å². The van der Waals surface area contributed by atoms with Gasteiger partial charge in [-0.05, 0) is 38.1 Å². The van der Waals surface area contributed by atoms with Crippen molar-refractivity contribution in [1.82, 2.24) is 0 Å². The first-order chi connectivity index (χ1) is 13.8.